The summed E-state index contributed by atoms with van der Waals surface area (Å²) in [6.07, 6.45) is 4.53. The Morgan fingerprint density at radius 3 is 2.83 bits per heavy atom. The Morgan fingerprint density at radius 2 is 2.00 bits per heavy atom. The van der Waals surface area contributed by atoms with Crippen LogP contribution in [0.3, 0.4) is 0 Å². The van der Waals surface area contributed by atoms with Crippen LogP contribution in [-0.4, -0.2) is 39.2 Å². The Kier molecular flexibility index (Phi) is 7.83. The normalized spacial score (nSPS) is 11.3. The van der Waals surface area contributed by atoms with Gasteiger partial charge in [0.05, 0.1) is 6.54 Å². The monoisotopic (exact) mass is 515 g/mol. The van der Waals surface area contributed by atoms with Gasteiger partial charge in [-0.1, -0.05) is 36.4 Å². The first kappa shape index (κ1) is 21.8. The number of nitrogens with zero attached hydrogens (tertiary/aromatic N) is 3. The zero-order chi connectivity index (χ0) is 19.9. The van der Waals surface area contributed by atoms with Crippen LogP contribution >= 0.6 is 24.0 Å². The van der Waals surface area contributed by atoms with Crippen molar-refractivity contribution in [2.75, 3.05) is 13.1 Å². The highest BCUT2D eigenvalue weighted by Crippen LogP contribution is 2.18. The average Bonchev–Trinajstić information content (AvgIpc) is 3.43. The summed E-state index contributed by atoms with van der Waals surface area (Å²) in [6.45, 7) is 4.29. The van der Waals surface area contributed by atoms with Gasteiger partial charge in [-0.25, -0.2) is 9.98 Å². The summed E-state index contributed by atoms with van der Waals surface area (Å²) in [5.41, 5.74) is 4.61. The summed E-state index contributed by atoms with van der Waals surface area (Å²) in [4.78, 5) is 12.3. The molecule has 8 heteroatoms. The molecule has 0 bridgehead atoms. The third-order valence-corrected chi connectivity index (χ3v) is 4.74. The number of aromatic amines is 2. The molecule has 0 spiro atoms. The Morgan fingerprint density at radius 1 is 1.10 bits per heavy atom. The second-order valence-electron chi connectivity index (χ2n) is 6.77. The molecule has 0 radical (unpaired) electrons. The predicted octanol–water partition coefficient (Wildman–Crippen LogP) is 3.87. The lowest BCUT2D eigenvalue weighted by molar-refractivity contribution is 0.801. The molecule has 4 aromatic rings. The highest BCUT2D eigenvalue weighted by atomic mass is 127. The van der Waals surface area contributed by atoms with Gasteiger partial charge in [0, 0.05) is 35.8 Å². The number of para-hydroxylation sites is 1. The van der Waals surface area contributed by atoms with E-state index >= 15 is 0 Å². The number of benzene rings is 2. The molecule has 0 atom stereocenters. The van der Waals surface area contributed by atoms with E-state index in [2.05, 4.69) is 74.3 Å². The Labute approximate surface area is 192 Å². The molecule has 2 aromatic carbocycles. The topological polar surface area (TPSA) is 93.8 Å². The van der Waals surface area contributed by atoms with Crippen molar-refractivity contribution in [3.8, 4) is 11.4 Å². The maximum atomic E-state index is 4.73. The maximum Gasteiger partial charge on any atom is 0.191 e. The van der Waals surface area contributed by atoms with E-state index in [4.69, 9.17) is 4.99 Å². The number of fused-ring (bicyclic) bond motifs is 1. The first-order chi connectivity index (χ1) is 14.3. The van der Waals surface area contributed by atoms with Crippen molar-refractivity contribution in [1.29, 1.82) is 0 Å². The van der Waals surface area contributed by atoms with Crippen LogP contribution in [0.2, 0.25) is 0 Å². The molecular formula is C22H26IN7. The van der Waals surface area contributed by atoms with Gasteiger partial charge in [-0.3, -0.25) is 5.10 Å². The number of rotatable bonds is 7. The zero-order valence-electron chi connectivity index (χ0n) is 16.9. The van der Waals surface area contributed by atoms with Crippen molar-refractivity contribution in [3.63, 3.8) is 0 Å². The van der Waals surface area contributed by atoms with Gasteiger partial charge in [-0.05, 0) is 36.6 Å². The van der Waals surface area contributed by atoms with Gasteiger partial charge in [0.15, 0.2) is 11.8 Å². The van der Waals surface area contributed by atoms with Crippen LogP contribution < -0.4 is 10.6 Å². The number of aliphatic imine (C=N–C) groups is 1. The average molecular weight is 515 g/mol. The molecule has 0 fully saturated rings. The highest BCUT2D eigenvalue weighted by Gasteiger charge is 2.05. The SMILES string of the molecule is CCNC(=NCc1cccc(-c2ncn[nH]2)c1)NCCc1c[nH]c2ccccc12.I. The third-order valence-electron chi connectivity index (χ3n) is 4.74. The van der Waals surface area contributed by atoms with E-state index < -0.39 is 0 Å². The lowest BCUT2D eigenvalue weighted by Gasteiger charge is -2.11. The van der Waals surface area contributed by atoms with Gasteiger partial charge in [-0.2, -0.15) is 5.10 Å². The van der Waals surface area contributed by atoms with E-state index in [0.29, 0.717) is 6.54 Å². The van der Waals surface area contributed by atoms with Crippen molar-refractivity contribution in [2.24, 2.45) is 4.99 Å². The van der Waals surface area contributed by atoms with Gasteiger partial charge >= 0.3 is 0 Å². The lowest BCUT2D eigenvalue weighted by Crippen LogP contribution is -2.38. The van der Waals surface area contributed by atoms with Crippen molar-refractivity contribution in [3.05, 3.63) is 72.2 Å². The Balaban J connectivity index is 0.00000256. The van der Waals surface area contributed by atoms with E-state index in [1.54, 1.807) is 0 Å². The first-order valence-electron chi connectivity index (χ1n) is 9.85. The lowest BCUT2D eigenvalue weighted by atomic mass is 10.1. The number of hydrogen-bond donors (Lipinski definition) is 4. The van der Waals surface area contributed by atoms with Gasteiger partial charge in [0.25, 0.3) is 0 Å². The molecule has 0 amide bonds. The van der Waals surface area contributed by atoms with Crippen LogP contribution in [0, 0.1) is 0 Å². The largest absolute Gasteiger partial charge is 0.361 e. The molecule has 7 nitrogen and oxygen atoms in total. The van der Waals surface area contributed by atoms with Gasteiger partial charge in [-0.15, -0.1) is 24.0 Å². The van der Waals surface area contributed by atoms with Crippen LogP contribution in [0.25, 0.3) is 22.3 Å². The van der Waals surface area contributed by atoms with Crippen molar-refractivity contribution in [2.45, 2.75) is 19.9 Å². The van der Waals surface area contributed by atoms with Crippen LogP contribution in [0.15, 0.2) is 66.0 Å². The molecule has 0 aliphatic rings. The van der Waals surface area contributed by atoms with E-state index in [1.807, 2.05) is 18.2 Å². The predicted molar refractivity (Wildman–Crippen MR) is 132 cm³/mol. The second-order valence-corrected chi connectivity index (χ2v) is 6.77. The summed E-state index contributed by atoms with van der Waals surface area (Å²) in [6, 6.07) is 16.6. The summed E-state index contributed by atoms with van der Waals surface area (Å²) in [5, 5.41) is 14.8. The van der Waals surface area contributed by atoms with E-state index in [-0.39, 0.29) is 24.0 Å². The molecule has 0 aliphatic carbocycles. The fraction of sp³-hybridized carbons (Fsp3) is 0.227. The molecule has 4 rings (SSSR count). The molecule has 2 aromatic heterocycles. The van der Waals surface area contributed by atoms with Crippen molar-refractivity contribution >= 4 is 40.8 Å². The van der Waals surface area contributed by atoms with Gasteiger partial charge in [0.2, 0.25) is 0 Å². The fourth-order valence-corrected chi connectivity index (χ4v) is 3.33. The summed E-state index contributed by atoms with van der Waals surface area (Å²) < 4.78 is 0. The molecule has 0 unspecified atom stereocenters. The van der Waals surface area contributed by atoms with Crippen LogP contribution in [0.4, 0.5) is 0 Å². The van der Waals surface area contributed by atoms with Crippen LogP contribution in [-0.2, 0) is 13.0 Å². The maximum absolute atomic E-state index is 4.73. The Bertz CT molecular complexity index is 1090. The molecule has 0 saturated heterocycles. The molecule has 2 heterocycles. The van der Waals surface area contributed by atoms with Gasteiger partial charge < -0.3 is 15.6 Å². The summed E-state index contributed by atoms with van der Waals surface area (Å²) >= 11 is 0. The smallest absolute Gasteiger partial charge is 0.191 e. The van der Waals surface area contributed by atoms with E-state index in [9.17, 15) is 0 Å². The quantitative estimate of drug-likeness (QED) is 0.171. The van der Waals surface area contributed by atoms with Crippen molar-refractivity contribution < 1.29 is 0 Å². The van der Waals surface area contributed by atoms with Crippen LogP contribution in [0.1, 0.15) is 18.1 Å². The number of halogens is 1. The van der Waals surface area contributed by atoms with Gasteiger partial charge in [0.1, 0.15) is 6.33 Å². The number of guanidine groups is 1. The molecule has 156 valence electrons. The number of H-pyrrole nitrogens is 2. The van der Waals surface area contributed by atoms with Crippen molar-refractivity contribution in [1.82, 2.24) is 30.8 Å². The summed E-state index contributed by atoms with van der Waals surface area (Å²) in [7, 11) is 0. The molecule has 0 saturated carbocycles. The van der Waals surface area contributed by atoms with E-state index in [0.717, 1.165) is 42.4 Å². The Hall–Kier alpha value is -2.88. The first-order valence-corrected chi connectivity index (χ1v) is 9.85. The minimum atomic E-state index is 0. The highest BCUT2D eigenvalue weighted by molar-refractivity contribution is 14.0. The third kappa shape index (κ3) is 5.38. The molecule has 0 aliphatic heterocycles. The molecule has 30 heavy (non-hydrogen) atoms. The standard InChI is InChI=1S/C22H25N7.HI/c1-2-23-22(24-11-10-18-14-25-20-9-4-3-8-19(18)20)26-13-16-6-5-7-17(12-16)21-27-15-28-29-21;/h3-9,12,14-15,25H,2,10-11,13H2,1H3,(H2,23,24,26)(H,27,28,29);1H. The fourth-order valence-electron chi connectivity index (χ4n) is 3.33. The van der Waals surface area contributed by atoms with E-state index in [1.165, 1.54) is 22.8 Å². The summed E-state index contributed by atoms with van der Waals surface area (Å²) in [5.74, 6) is 1.58. The minimum Gasteiger partial charge on any atom is -0.361 e. The van der Waals surface area contributed by atoms with Crippen LogP contribution in [0.5, 0.6) is 0 Å². The minimum absolute atomic E-state index is 0. The zero-order valence-corrected chi connectivity index (χ0v) is 19.2. The molecular weight excluding hydrogens is 489 g/mol. The number of aromatic nitrogens is 4. The number of nitrogens with one attached hydrogen (secondary N) is 4. The molecule has 4 N–H and O–H groups in total. The number of hydrogen-bond acceptors (Lipinski definition) is 3. The second kappa shape index (κ2) is 10.8.